The number of fused-ring (bicyclic) bond motifs is 1. The first kappa shape index (κ1) is 24.6. The fourth-order valence-corrected chi connectivity index (χ4v) is 6.21. The van der Waals surface area contributed by atoms with Crippen LogP contribution in [0.1, 0.15) is 36.5 Å². The lowest BCUT2D eigenvalue weighted by Gasteiger charge is -2.20. The number of sulfonamides is 1. The smallest absolute Gasteiger partial charge is 0.279 e. The Bertz CT molecular complexity index is 1340. The van der Waals surface area contributed by atoms with Gasteiger partial charge in [-0.2, -0.15) is 9.30 Å². The van der Waals surface area contributed by atoms with Crippen LogP contribution in [0.3, 0.4) is 0 Å². The maximum atomic E-state index is 12.9. The molecule has 8 nitrogen and oxygen atoms in total. The maximum Gasteiger partial charge on any atom is 0.279 e. The molecular formula is C24H29N3O5S2. The SMILES string of the molecule is CCCn1c(=NC(=O)c2ccc(S(=O)(=O)N(C)CC3CCCO3)cc2)sc2ccc(OC)cc21. The minimum Gasteiger partial charge on any atom is -0.497 e. The van der Waals surface area contributed by atoms with Crippen molar-refractivity contribution >= 4 is 37.5 Å². The summed E-state index contributed by atoms with van der Waals surface area (Å²) < 4.78 is 41.0. The van der Waals surface area contributed by atoms with Crippen molar-refractivity contribution in [2.75, 3.05) is 27.3 Å². The van der Waals surface area contributed by atoms with Crippen LogP contribution < -0.4 is 9.54 Å². The molecule has 1 aliphatic heterocycles. The lowest BCUT2D eigenvalue weighted by Crippen LogP contribution is -2.34. The fraction of sp³-hybridized carbons (Fsp3) is 0.417. The summed E-state index contributed by atoms with van der Waals surface area (Å²) in [5, 5.41) is 0. The van der Waals surface area contributed by atoms with Crippen molar-refractivity contribution in [1.82, 2.24) is 8.87 Å². The average molecular weight is 504 g/mol. The molecule has 0 radical (unpaired) electrons. The number of hydrogen-bond acceptors (Lipinski definition) is 6. The molecule has 1 atom stereocenters. The van der Waals surface area contributed by atoms with Gasteiger partial charge in [0.05, 0.1) is 28.3 Å². The highest BCUT2D eigenvalue weighted by Gasteiger charge is 2.26. The molecule has 2 aromatic carbocycles. The van der Waals surface area contributed by atoms with E-state index in [1.807, 2.05) is 22.8 Å². The van der Waals surface area contributed by atoms with Gasteiger partial charge in [0.25, 0.3) is 5.91 Å². The summed E-state index contributed by atoms with van der Waals surface area (Å²) in [5.74, 6) is 0.328. The van der Waals surface area contributed by atoms with E-state index in [4.69, 9.17) is 9.47 Å². The van der Waals surface area contributed by atoms with Crippen molar-refractivity contribution in [3.05, 3.63) is 52.8 Å². The van der Waals surface area contributed by atoms with Crippen LogP contribution in [0.25, 0.3) is 10.2 Å². The van der Waals surface area contributed by atoms with Crippen molar-refractivity contribution < 1.29 is 22.7 Å². The summed E-state index contributed by atoms with van der Waals surface area (Å²) in [6.07, 6.45) is 2.62. The predicted molar refractivity (Wildman–Crippen MR) is 132 cm³/mol. The summed E-state index contributed by atoms with van der Waals surface area (Å²) in [5.41, 5.74) is 1.30. The van der Waals surface area contributed by atoms with E-state index in [-0.39, 0.29) is 11.0 Å². The normalized spacial score (nSPS) is 17.1. The van der Waals surface area contributed by atoms with E-state index >= 15 is 0 Å². The number of nitrogens with zero attached hydrogens (tertiary/aromatic N) is 3. The van der Waals surface area contributed by atoms with E-state index in [1.54, 1.807) is 14.2 Å². The monoisotopic (exact) mass is 503 g/mol. The van der Waals surface area contributed by atoms with E-state index < -0.39 is 15.9 Å². The number of hydrogen-bond donors (Lipinski definition) is 0. The lowest BCUT2D eigenvalue weighted by molar-refractivity contribution is 0.0979. The molecule has 1 fully saturated rings. The topological polar surface area (TPSA) is 90.2 Å². The highest BCUT2D eigenvalue weighted by atomic mass is 32.2. The zero-order valence-corrected chi connectivity index (χ0v) is 21.2. The van der Waals surface area contributed by atoms with Crippen LogP contribution in [-0.2, 0) is 21.3 Å². The number of benzene rings is 2. The van der Waals surface area contributed by atoms with Crippen LogP contribution in [0.4, 0.5) is 0 Å². The number of ether oxygens (including phenoxy) is 2. The first-order valence-electron chi connectivity index (χ1n) is 11.3. The summed E-state index contributed by atoms with van der Waals surface area (Å²) in [6, 6.07) is 11.7. The van der Waals surface area contributed by atoms with Gasteiger partial charge < -0.3 is 14.0 Å². The van der Waals surface area contributed by atoms with Crippen LogP contribution >= 0.6 is 11.3 Å². The van der Waals surface area contributed by atoms with Crippen LogP contribution in [0, 0.1) is 0 Å². The van der Waals surface area contributed by atoms with E-state index in [0.29, 0.717) is 30.1 Å². The molecule has 1 aromatic heterocycles. The predicted octanol–water partition coefficient (Wildman–Crippen LogP) is 3.66. The molecule has 4 rings (SSSR count). The number of thiazole rings is 1. The molecule has 34 heavy (non-hydrogen) atoms. The Morgan fingerprint density at radius 3 is 2.68 bits per heavy atom. The number of carbonyl (C=O) groups is 1. The van der Waals surface area contributed by atoms with Crippen molar-refractivity contribution in [3.63, 3.8) is 0 Å². The molecule has 2 heterocycles. The number of amides is 1. The Morgan fingerprint density at radius 2 is 2.03 bits per heavy atom. The standard InChI is InChI=1S/C24H29N3O5S2/c1-4-13-27-21-15-18(31-3)9-12-22(21)33-24(27)25-23(28)17-7-10-20(11-8-17)34(29,30)26(2)16-19-6-5-14-32-19/h7-12,15,19H,4-6,13-14,16H2,1-3H3. The van der Waals surface area contributed by atoms with Crippen molar-refractivity contribution in [1.29, 1.82) is 0 Å². The summed E-state index contributed by atoms with van der Waals surface area (Å²) in [4.78, 5) is 18.0. The third kappa shape index (κ3) is 5.10. The molecule has 1 amide bonds. The second kappa shape index (κ2) is 10.4. The van der Waals surface area contributed by atoms with Gasteiger partial charge in [0, 0.05) is 38.4 Å². The van der Waals surface area contributed by atoms with E-state index in [9.17, 15) is 13.2 Å². The molecule has 1 unspecified atom stereocenters. The van der Waals surface area contributed by atoms with Crippen LogP contribution in [-0.4, -0.2) is 56.6 Å². The minimum atomic E-state index is -3.67. The first-order valence-corrected chi connectivity index (χ1v) is 13.5. The molecule has 0 N–H and O–H groups in total. The summed E-state index contributed by atoms with van der Waals surface area (Å²) in [7, 11) is -0.497. The van der Waals surface area contributed by atoms with Crippen molar-refractivity contribution in [2.45, 2.75) is 43.7 Å². The largest absolute Gasteiger partial charge is 0.497 e. The third-order valence-corrected chi connectivity index (χ3v) is 8.72. The van der Waals surface area contributed by atoms with Gasteiger partial charge in [0.1, 0.15) is 5.75 Å². The molecule has 0 aliphatic carbocycles. The van der Waals surface area contributed by atoms with Crippen molar-refractivity contribution in [2.24, 2.45) is 4.99 Å². The second-order valence-corrected chi connectivity index (χ2v) is 11.3. The van der Waals surface area contributed by atoms with Gasteiger partial charge in [0.15, 0.2) is 4.80 Å². The Kier molecular flexibility index (Phi) is 7.51. The van der Waals surface area contributed by atoms with E-state index in [0.717, 1.165) is 35.2 Å². The summed E-state index contributed by atoms with van der Waals surface area (Å²) in [6.45, 7) is 3.77. The third-order valence-electron chi connectivity index (χ3n) is 5.83. The molecule has 182 valence electrons. The fourth-order valence-electron chi connectivity index (χ4n) is 3.97. The van der Waals surface area contributed by atoms with Gasteiger partial charge >= 0.3 is 0 Å². The first-order chi connectivity index (χ1) is 16.3. The van der Waals surface area contributed by atoms with Gasteiger partial charge in [-0.1, -0.05) is 18.3 Å². The number of carbonyl (C=O) groups excluding carboxylic acids is 1. The Labute approximate surface area is 203 Å². The lowest BCUT2D eigenvalue weighted by atomic mass is 10.2. The number of aryl methyl sites for hydroxylation is 1. The second-order valence-electron chi connectivity index (χ2n) is 8.23. The zero-order chi connectivity index (χ0) is 24.3. The Balaban J connectivity index is 1.59. The average Bonchev–Trinajstić information content (AvgIpc) is 3.47. The molecule has 0 saturated carbocycles. The molecule has 3 aromatic rings. The Morgan fingerprint density at radius 1 is 1.26 bits per heavy atom. The van der Waals surface area contributed by atoms with Crippen molar-refractivity contribution in [3.8, 4) is 5.75 Å². The minimum absolute atomic E-state index is 0.0736. The number of likely N-dealkylation sites (N-methyl/N-ethyl adjacent to an activating group) is 1. The highest BCUT2D eigenvalue weighted by molar-refractivity contribution is 7.89. The highest BCUT2D eigenvalue weighted by Crippen LogP contribution is 2.24. The van der Waals surface area contributed by atoms with E-state index in [1.165, 1.54) is 39.9 Å². The number of rotatable bonds is 8. The van der Waals surface area contributed by atoms with Gasteiger partial charge in [-0.05, 0) is 55.7 Å². The van der Waals surface area contributed by atoms with Crippen LogP contribution in [0.15, 0.2) is 52.4 Å². The van der Waals surface area contributed by atoms with Gasteiger partial charge in [-0.3, -0.25) is 4.79 Å². The molecule has 0 bridgehead atoms. The summed E-state index contributed by atoms with van der Waals surface area (Å²) >= 11 is 1.44. The quantitative estimate of drug-likeness (QED) is 0.468. The molecule has 1 aliphatic rings. The van der Waals surface area contributed by atoms with Gasteiger partial charge in [0.2, 0.25) is 10.0 Å². The maximum absolute atomic E-state index is 12.9. The van der Waals surface area contributed by atoms with Crippen LogP contribution in [0.2, 0.25) is 0 Å². The van der Waals surface area contributed by atoms with Gasteiger partial charge in [-0.25, -0.2) is 8.42 Å². The van der Waals surface area contributed by atoms with Gasteiger partial charge in [-0.15, -0.1) is 0 Å². The number of aromatic nitrogens is 1. The van der Waals surface area contributed by atoms with Crippen LogP contribution in [0.5, 0.6) is 5.75 Å². The molecule has 1 saturated heterocycles. The van der Waals surface area contributed by atoms with E-state index in [2.05, 4.69) is 11.9 Å². The molecular weight excluding hydrogens is 474 g/mol. The zero-order valence-electron chi connectivity index (χ0n) is 19.6. The molecule has 10 heteroatoms. The number of methoxy groups -OCH3 is 1. The molecule has 0 spiro atoms. The Hall–Kier alpha value is -2.53.